The van der Waals surface area contributed by atoms with Crippen LogP contribution in [0.15, 0.2) is 30.1 Å². The number of rotatable bonds is 6. The zero-order chi connectivity index (χ0) is 12.0. The lowest BCUT2D eigenvalue weighted by Gasteiger charge is -2.25. The minimum absolute atomic E-state index is 0.398. The van der Waals surface area contributed by atoms with E-state index in [1.165, 1.54) is 0 Å². The molecule has 0 saturated heterocycles. The maximum Gasteiger partial charge on any atom is 0.205 e. The number of methoxy groups -OCH3 is 1. The molecule has 0 fully saturated rings. The van der Waals surface area contributed by atoms with Crippen LogP contribution in [0.2, 0.25) is 0 Å². The summed E-state index contributed by atoms with van der Waals surface area (Å²) in [5.74, 6) is 1.91. The first-order chi connectivity index (χ1) is 6.93. The van der Waals surface area contributed by atoms with Crippen molar-refractivity contribution in [2.45, 2.75) is 27.7 Å². The van der Waals surface area contributed by atoms with Crippen LogP contribution in [0, 0.1) is 17.8 Å². The molecule has 0 spiro atoms. The number of ether oxygens (including phenoxy) is 1. The Morgan fingerprint density at radius 3 is 1.93 bits per heavy atom. The van der Waals surface area contributed by atoms with Crippen molar-refractivity contribution in [1.29, 1.82) is 0 Å². The SMILES string of the molecule is C=C/C(=N\C(=C)OC)C(C(C)C)C(C)C. The van der Waals surface area contributed by atoms with Crippen molar-refractivity contribution in [2.75, 3.05) is 7.11 Å². The van der Waals surface area contributed by atoms with Crippen LogP contribution in [0.4, 0.5) is 0 Å². The second-order valence-corrected chi connectivity index (χ2v) is 4.35. The summed E-state index contributed by atoms with van der Waals surface area (Å²) in [5.41, 5.74) is 0.965. The van der Waals surface area contributed by atoms with E-state index in [-0.39, 0.29) is 0 Å². The average Bonchev–Trinajstić information content (AvgIpc) is 2.15. The maximum absolute atomic E-state index is 4.96. The lowest BCUT2D eigenvalue weighted by Crippen LogP contribution is -2.24. The Labute approximate surface area is 93.7 Å². The van der Waals surface area contributed by atoms with E-state index in [2.05, 4.69) is 45.8 Å². The van der Waals surface area contributed by atoms with Crippen LogP contribution < -0.4 is 0 Å². The summed E-state index contributed by atoms with van der Waals surface area (Å²) in [6.07, 6.45) is 1.80. The molecule has 86 valence electrons. The Balaban J connectivity index is 4.98. The first kappa shape index (κ1) is 13.9. The quantitative estimate of drug-likeness (QED) is 0.483. The molecule has 0 aromatic heterocycles. The second kappa shape index (κ2) is 6.44. The van der Waals surface area contributed by atoms with Crippen LogP contribution in [0.25, 0.3) is 0 Å². The highest BCUT2D eigenvalue weighted by molar-refractivity contribution is 5.97. The smallest absolute Gasteiger partial charge is 0.205 e. The fourth-order valence-corrected chi connectivity index (χ4v) is 1.90. The van der Waals surface area contributed by atoms with Gasteiger partial charge in [-0.2, -0.15) is 0 Å². The molecule has 0 aromatic carbocycles. The molecule has 0 radical (unpaired) electrons. The molecule has 2 nitrogen and oxygen atoms in total. The van der Waals surface area contributed by atoms with Gasteiger partial charge in [0.25, 0.3) is 0 Å². The maximum atomic E-state index is 4.96. The van der Waals surface area contributed by atoms with E-state index in [9.17, 15) is 0 Å². The lowest BCUT2D eigenvalue weighted by molar-refractivity contribution is 0.289. The van der Waals surface area contributed by atoms with E-state index < -0.39 is 0 Å². The highest BCUT2D eigenvalue weighted by Gasteiger charge is 2.21. The molecule has 0 aliphatic rings. The Morgan fingerprint density at radius 1 is 1.20 bits per heavy atom. The highest BCUT2D eigenvalue weighted by Crippen LogP contribution is 2.23. The van der Waals surface area contributed by atoms with Crippen LogP contribution in [-0.4, -0.2) is 12.8 Å². The summed E-state index contributed by atoms with van der Waals surface area (Å²) in [6, 6.07) is 0. The molecule has 0 heterocycles. The van der Waals surface area contributed by atoms with Gasteiger partial charge in [0.1, 0.15) is 0 Å². The van der Waals surface area contributed by atoms with E-state index in [1.807, 2.05) is 0 Å². The van der Waals surface area contributed by atoms with Gasteiger partial charge in [-0.05, 0) is 24.5 Å². The van der Waals surface area contributed by atoms with Gasteiger partial charge in [-0.3, -0.25) is 0 Å². The van der Waals surface area contributed by atoms with E-state index in [4.69, 9.17) is 4.74 Å². The van der Waals surface area contributed by atoms with Gasteiger partial charge < -0.3 is 4.74 Å². The number of hydrogen-bond acceptors (Lipinski definition) is 2. The predicted molar refractivity (Wildman–Crippen MR) is 66.9 cm³/mol. The van der Waals surface area contributed by atoms with E-state index in [0.29, 0.717) is 23.6 Å². The fourth-order valence-electron chi connectivity index (χ4n) is 1.90. The van der Waals surface area contributed by atoms with Crippen molar-refractivity contribution in [3.8, 4) is 0 Å². The highest BCUT2D eigenvalue weighted by atomic mass is 16.5. The molecule has 0 aromatic rings. The third-order valence-electron chi connectivity index (χ3n) is 2.48. The zero-order valence-corrected chi connectivity index (χ0v) is 10.6. The summed E-state index contributed by atoms with van der Waals surface area (Å²) in [5, 5.41) is 0. The van der Waals surface area contributed by atoms with Crippen molar-refractivity contribution in [3.63, 3.8) is 0 Å². The summed E-state index contributed by atoms with van der Waals surface area (Å²) in [4.78, 5) is 4.34. The fraction of sp³-hybridized carbons (Fsp3) is 0.615. The molecule has 0 N–H and O–H groups in total. The Morgan fingerprint density at radius 2 is 1.67 bits per heavy atom. The van der Waals surface area contributed by atoms with Crippen LogP contribution >= 0.6 is 0 Å². The van der Waals surface area contributed by atoms with E-state index in [0.717, 1.165) is 5.71 Å². The van der Waals surface area contributed by atoms with Gasteiger partial charge >= 0.3 is 0 Å². The van der Waals surface area contributed by atoms with Crippen LogP contribution in [0.1, 0.15) is 27.7 Å². The minimum atomic E-state index is 0.398. The molecular formula is C13H23NO. The summed E-state index contributed by atoms with van der Waals surface area (Å²) in [6.45, 7) is 16.3. The van der Waals surface area contributed by atoms with Crippen LogP contribution in [0.3, 0.4) is 0 Å². The molecule has 0 rings (SSSR count). The molecule has 0 bridgehead atoms. The molecule has 0 aliphatic heterocycles. The van der Waals surface area contributed by atoms with E-state index in [1.54, 1.807) is 13.2 Å². The largest absolute Gasteiger partial charge is 0.481 e. The van der Waals surface area contributed by atoms with Crippen molar-refractivity contribution in [2.24, 2.45) is 22.7 Å². The van der Waals surface area contributed by atoms with Crippen LogP contribution in [0.5, 0.6) is 0 Å². The minimum Gasteiger partial charge on any atom is -0.481 e. The zero-order valence-electron chi connectivity index (χ0n) is 10.6. The van der Waals surface area contributed by atoms with Gasteiger partial charge in [-0.1, -0.05) is 34.3 Å². The van der Waals surface area contributed by atoms with E-state index >= 15 is 0 Å². The molecule has 0 saturated carbocycles. The van der Waals surface area contributed by atoms with Gasteiger partial charge in [0.05, 0.1) is 7.11 Å². The molecule has 15 heavy (non-hydrogen) atoms. The van der Waals surface area contributed by atoms with Crippen molar-refractivity contribution >= 4 is 5.71 Å². The number of hydrogen-bond donors (Lipinski definition) is 0. The van der Waals surface area contributed by atoms with Gasteiger partial charge in [0.15, 0.2) is 0 Å². The molecular weight excluding hydrogens is 186 g/mol. The van der Waals surface area contributed by atoms with Gasteiger partial charge in [0.2, 0.25) is 5.88 Å². The van der Waals surface area contributed by atoms with Crippen LogP contribution in [-0.2, 0) is 4.74 Å². The van der Waals surface area contributed by atoms with Gasteiger partial charge in [-0.25, -0.2) is 4.99 Å². The van der Waals surface area contributed by atoms with Gasteiger partial charge in [0, 0.05) is 11.6 Å². The molecule has 0 amide bonds. The Hall–Kier alpha value is -1.05. The number of aliphatic imine (C=N–C) groups is 1. The third-order valence-corrected chi connectivity index (χ3v) is 2.48. The lowest BCUT2D eigenvalue weighted by atomic mass is 9.81. The second-order valence-electron chi connectivity index (χ2n) is 4.35. The molecule has 0 unspecified atom stereocenters. The number of allylic oxidation sites excluding steroid dienone is 1. The van der Waals surface area contributed by atoms with Crippen molar-refractivity contribution in [1.82, 2.24) is 0 Å². The number of nitrogens with zero attached hydrogens (tertiary/aromatic N) is 1. The predicted octanol–water partition coefficient (Wildman–Crippen LogP) is 3.66. The first-order valence-corrected chi connectivity index (χ1v) is 5.37. The molecule has 2 heteroatoms. The average molecular weight is 209 g/mol. The Bertz CT molecular complexity index is 243. The molecule has 0 aliphatic carbocycles. The summed E-state index contributed by atoms with van der Waals surface area (Å²) >= 11 is 0. The third kappa shape index (κ3) is 4.32. The van der Waals surface area contributed by atoms with Crippen molar-refractivity contribution in [3.05, 3.63) is 25.1 Å². The Kier molecular flexibility index (Phi) is 5.99. The topological polar surface area (TPSA) is 21.6 Å². The monoisotopic (exact) mass is 209 g/mol. The summed E-state index contributed by atoms with van der Waals surface area (Å²) in [7, 11) is 1.58. The first-order valence-electron chi connectivity index (χ1n) is 5.37. The molecule has 0 atom stereocenters. The van der Waals surface area contributed by atoms with Crippen molar-refractivity contribution < 1.29 is 4.74 Å². The standard InChI is InChI=1S/C13H23NO/c1-8-12(14-11(6)15-7)13(9(2)3)10(4)5/h8-10,13H,1,6H2,2-5,7H3/b14-12+. The van der Waals surface area contributed by atoms with Gasteiger partial charge in [-0.15, -0.1) is 0 Å². The normalized spacial score (nSPS) is 12.4. The summed E-state index contributed by atoms with van der Waals surface area (Å²) < 4.78 is 4.96.